The highest BCUT2D eigenvalue weighted by Crippen LogP contribution is 2.14. The van der Waals surface area contributed by atoms with Crippen molar-refractivity contribution < 1.29 is 9.18 Å². The van der Waals surface area contributed by atoms with E-state index in [1.807, 2.05) is 0 Å². The predicted molar refractivity (Wildman–Crippen MR) is 68.7 cm³/mol. The van der Waals surface area contributed by atoms with Gasteiger partial charge in [0, 0.05) is 13.1 Å². The maximum absolute atomic E-state index is 13.1. The topological polar surface area (TPSA) is 66.1 Å². The lowest BCUT2D eigenvalue weighted by molar-refractivity contribution is 0.0987. The van der Waals surface area contributed by atoms with Gasteiger partial charge in [-0.3, -0.25) is 14.5 Å². The average Bonchev–Trinajstić information content (AvgIpc) is 2.40. The Morgan fingerprint density at radius 1 is 1.32 bits per heavy atom. The quantitative estimate of drug-likeness (QED) is 0.890. The van der Waals surface area contributed by atoms with Gasteiger partial charge in [0.2, 0.25) is 5.56 Å². The Kier molecular flexibility index (Phi) is 3.41. The molecule has 0 spiro atoms. The number of aromatic nitrogens is 2. The zero-order valence-corrected chi connectivity index (χ0v) is 10.5. The van der Waals surface area contributed by atoms with Crippen molar-refractivity contribution in [1.29, 1.82) is 0 Å². The molecular formula is C13H12FN3O2. The number of pyridine rings is 2. The molecule has 0 saturated carbocycles. The number of carbonyl (C=O) groups is 1. The maximum atomic E-state index is 13.1. The summed E-state index contributed by atoms with van der Waals surface area (Å²) in [6, 6.07) is 6.95. The van der Waals surface area contributed by atoms with Gasteiger partial charge in [0.25, 0.3) is 5.91 Å². The molecule has 98 valence electrons. The number of nitrogens with one attached hydrogen (secondary N) is 1. The molecule has 5 nitrogen and oxygen atoms in total. The van der Waals surface area contributed by atoms with Crippen LogP contribution in [-0.2, 0) is 0 Å². The number of anilines is 1. The Bertz CT molecular complexity index is 682. The lowest BCUT2D eigenvalue weighted by Gasteiger charge is -2.16. The zero-order chi connectivity index (χ0) is 14.0. The second-order valence-electron chi connectivity index (χ2n) is 4.03. The third kappa shape index (κ3) is 2.67. The number of aryl methyl sites for hydroxylation is 1. The molecule has 2 aromatic rings. The Morgan fingerprint density at radius 3 is 2.68 bits per heavy atom. The fourth-order valence-electron chi connectivity index (χ4n) is 1.57. The number of nitrogens with zero attached hydrogens (tertiary/aromatic N) is 2. The molecule has 2 aromatic heterocycles. The van der Waals surface area contributed by atoms with Crippen LogP contribution in [0, 0.1) is 12.7 Å². The Labute approximate surface area is 108 Å². The third-order valence-electron chi connectivity index (χ3n) is 2.65. The van der Waals surface area contributed by atoms with E-state index < -0.39 is 11.7 Å². The molecule has 0 aliphatic carbocycles. The van der Waals surface area contributed by atoms with E-state index in [1.54, 1.807) is 0 Å². The summed E-state index contributed by atoms with van der Waals surface area (Å²) in [5, 5.41) is 0. The molecule has 0 aliphatic heterocycles. The molecule has 1 N–H and O–H groups in total. The van der Waals surface area contributed by atoms with E-state index in [-0.39, 0.29) is 16.9 Å². The zero-order valence-electron chi connectivity index (χ0n) is 10.5. The molecule has 0 fully saturated rings. The van der Waals surface area contributed by atoms with Crippen LogP contribution in [0.4, 0.5) is 10.2 Å². The Balaban J connectivity index is 2.33. The van der Waals surface area contributed by atoms with Crippen LogP contribution in [0.5, 0.6) is 0 Å². The molecule has 0 radical (unpaired) electrons. The molecule has 19 heavy (non-hydrogen) atoms. The van der Waals surface area contributed by atoms with Crippen molar-refractivity contribution >= 4 is 11.7 Å². The fourth-order valence-corrected chi connectivity index (χ4v) is 1.57. The predicted octanol–water partition coefficient (Wildman–Crippen LogP) is 1.49. The second kappa shape index (κ2) is 5.01. The number of amides is 1. The number of H-pyrrole nitrogens is 1. The van der Waals surface area contributed by atoms with E-state index in [9.17, 15) is 14.0 Å². The van der Waals surface area contributed by atoms with E-state index in [4.69, 9.17) is 0 Å². The van der Waals surface area contributed by atoms with Crippen molar-refractivity contribution in [2.75, 3.05) is 11.9 Å². The van der Waals surface area contributed by atoms with Gasteiger partial charge in [-0.2, -0.15) is 0 Å². The van der Waals surface area contributed by atoms with Gasteiger partial charge in [-0.25, -0.2) is 9.37 Å². The Morgan fingerprint density at radius 2 is 2.05 bits per heavy atom. The monoisotopic (exact) mass is 261 g/mol. The number of aromatic amines is 1. The van der Waals surface area contributed by atoms with Gasteiger partial charge in [0.05, 0.1) is 5.69 Å². The molecule has 6 heteroatoms. The summed E-state index contributed by atoms with van der Waals surface area (Å²) in [5.74, 6) is -0.539. The van der Waals surface area contributed by atoms with Crippen LogP contribution in [0.2, 0.25) is 0 Å². The molecule has 0 saturated heterocycles. The number of rotatable bonds is 2. The molecule has 0 atom stereocenters. The van der Waals surface area contributed by atoms with Gasteiger partial charge < -0.3 is 4.98 Å². The normalized spacial score (nSPS) is 10.3. The van der Waals surface area contributed by atoms with E-state index >= 15 is 0 Å². The van der Waals surface area contributed by atoms with Crippen molar-refractivity contribution in [2.45, 2.75) is 6.92 Å². The molecule has 2 heterocycles. The van der Waals surface area contributed by atoms with Gasteiger partial charge in [-0.1, -0.05) is 6.07 Å². The molecular weight excluding hydrogens is 249 g/mol. The molecule has 0 aromatic carbocycles. The number of hydrogen-bond acceptors (Lipinski definition) is 3. The van der Waals surface area contributed by atoms with Crippen LogP contribution < -0.4 is 10.5 Å². The van der Waals surface area contributed by atoms with Crippen molar-refractivity contribution in [2.24, 2.45) is 0 Å². The van der Waals surface area contributed by atoms with Crippen LogP contribution in [0.3, 0.4) is 0 Å². The lowest BCUT2D eigenvalue weighted by atomic mass is 10.3. The van der Waals surface area contributed by atoms with E-state index in [0.29, 0.717) is 5.82 Å². The number of halogens is 1. The summed E-state index contributed by atoms with van der Waals surface area (Å²) >= 11 is 0. The van der Waals surface area contributed by atoms with Crippen LogP contribution >= 0.6 is 0 Å². The number of carbonyl (C=O) groups excluding carboxylic acids is 1. The van der Waals surface area contributed by atoms with E-state index in [1.165, 1.54) is 49.2 Å². The van der Waals surface area contributed by atoms with Gasteiger partial charge in [-0.15, -0.1) is 0 Å². The van der Waals surface area contributed by atoms with Gasteiger partial charge in [-0.05, 0) is 25.1 Å². The van der Waals surface area contributed by atoms with Crippen molar-refractivity contribution in [3.8, 4) is 0 Å². The first-order chi connectivity index (χ1) is 8.99. The standard InChI is InChI=1S/C13H12FN3O2/c1-8-9(14)6-7-11(15-8)17(2)13(19)10-4-3-5-12(18)16-10/h3-7H,1-2H3,(H,16,18). The van der Waals surface area contributed by atoms with Gasteiger partial charge in [0.1, 0.15) is 17.3 Å². The average molecular weight is 261 g/mol. The number of hydrogen-bond donors (Lipinski definition) is 1. The minimum absolute atomic E-state index is 0.152. The fraction of sp³-hybridized carbons (Fsp3) is 0.154. The van der Waals surface area contributed by atoms with Crippen molar-refractivity contribution in [3.63, 3.8) is 0 Å². The minimum Gasteiger partial charge on any atom is -0.318 e. The van der Waals surface area contributed by atoms with Gasteiger partial charge in [0.15, 0.2) is 0 Å². The summed E-state index contributed by atoms with van der Waals surface area (Å²) in [6.45, 7) is 1.52. The SMILES string of the molecule is Cc1nc(N(C)C(=O)c2cccc(=O)[nH]2)ccc1F. The largest absolute Gasteiger partial charge is 0.318 e. The summed E-state index contributed by atoms with van der Waals surface area (Å²) in [6.07, 6.45) is 0. The highest BCUT2D eigenvalue weighted by Gasteiger charge is 2.16. The van der Waals surface area contributed by atoms with Crippen molar-refractivity contribution in [1.82, 2.24) is 9.97 Å². The van der Waals surface area contributed by atoms with Crippen molar-refractivity contribution in [3.05, 3.63) is 57.9 Å². The summed E-state index contributed by atoms with van der Waals surface area (Å²) in [4.78, 5) is 30.9. The molecule has 0 aliphatic rings. The highest BCUT2D eigenvalue weighted by molar-refractivity contribution is 6.03. The molecule has 0 bridgehead atoms. The molecule has 0 unspecified atom stereocenters. The molecule has 2 rings (SSSR count). The highest BCUT2D eigenvalue weighted by atomic mass is 19.1. The molecule has 1 amide bonds. The first kappa shape index (κ1) is 12.9. The van der Waals surface area contributed by atoms with Crippen LogP contribution in [0.25, 0.3) is 0 Å². The Hall–Kier alpha value is -2.50. The maximum Gasteiger partial charge on any atom is 0.275 e. The van der Waals surface area contributed by atoms with Crippen LogP contribution in [0.15, 0.2) is 35.1 Å². The smallest absolute Gasteiger partial charge is 0.275 e. The summed E-state index contributed by atoms with van der Waals surface area (Å²) in [7, 11) is 1.51. The lowest BCUT2D eigenvalue weighted by Crippen LogP contribution is -2.29. The summed E-state index contributed by atoms with van der Waals surface area (Å²) in [5.41, 5.74) is -0.0000194. The van der Waals surface area contributed by atoms with E-state index in [0.717, 1.165) is 0 Å². The van der Waals surface area contributed by atoms with Gasteiger partial charge >= 0.3 is 0 Å². The first-order valence-corrected chi connectivity index (χ1v) is 5.59. The first-order valence-electron chi connectivity index (χ1n) is 5.59. The second-order valence-corrected chi connectivity index (χ2v) is 4.03. The van der Waals surface area contributed by atoms with E-state index in [2.05, 4.69) is 9.97 Å². The summed E-state index contributed by atoms with van der Waals surface area (Å²) < 4.78 is 13.1. The van der Waals surface area contributed by atoms with Crippen LogP contribution in [-0.4, -0.2) is 22.9 Å². The minimum atomic E-state index is -0.433. The third-order valence-corrected chi connectivity index (χ3v) is 2.65. The van der Waals surface area contributed by atoms with Crippen LogP contribution in [0.1, 0.15) is 16.2 Å².